The Morgan fingerprint density at radius 2 is 2.05 bits per heavy atom. The van der Waals surface area contributed by atoms with Gasteiger partial charge in [0.05, 0.1) is 11.0 Å². The first-order chi connectivity index (χ1) is 9.65. The van der Waals surface area contributed by atoms with Gasteiger partial charge in [0.2, 0.25) is 5.95 Å². The second-order valence-electron chi connectivity index (χ2n) is 5.68. The fourth-order valence-corrected chi connectivity index (χ4v) is 3.32. The molecule has 1 aromatic heterocycles. The number of nitrogens with two attached hydrogens (primary N) is 1. The molecule has 0 saturated carbocycles. The van der Waals surface area contributed by atoms with E-state index in [4.69, 9.17) is 17.3 Å². The molecule has 1 atom stereocenters. The van der Waals surface area contributed by atoms with Crippen LogP contribution in [0.1, 0.15) is 32.2 Å². The molecular formula is C15H21ClN4. The van der Waals surface area contributed by atoms with Gasteiger partial charge in [0, 0.05) is 17.6 Å². The number of hydrogen-bond donors (Lipinski definition) is 1. The Labute approximate surface area is 124 Å². The first-order valence-electron chi connectivity index (χ1n) is 7.30. The van der Waals surface area contributed by atoms with E-state index in [1.165, 1.54) is 32.4 Å². The molecule has 3 rings (SSSR count). The predicted molar refractivity (Wildman–Crippen MR) is 84.2 cm³/mol. The first kappa shape index (κ1) is 13.7. The van der Waals surface area contributed by atoms with Gasteiger partial charge in [-0.2, -0.15) is 0 Å². The molecule has 1 saturated heterocycles. The van der Waals surface area contributed by atoms with Crippen molar-refractivity contribution in [1.82, 2.24) is 14.5 Å². The van der Waals surface area contributed by atoms with Crippen LogP contribution >= 0.6 is 11.6 Å². The normalized spacial score (nSPS) is 18.5. The Kier molecular flexibility index (Phi) is 3.85. The van der Waals surface area contributed by atoms with Crippen LogP contribution in [0.2, 0.25) is 5.02 Å². The molecule has 5 heteroatoms. The predicted octanol–water partition coefficient (Wildman–Crippen LogP) is 3.32. The molecule has 0 amide bonds. The van der Waals surface area contributed by atoms with Crippen LogP contribution in [-0.2, 0) is 0 Å². The number of likely N-dealkylation sites (tertiary alicyclic amines) is 1. The monoisotopic (exact) mass is 292 g/mol. The lowest BCUT2D eigenvalue weighted by molar-refractivity contribution is 0.204. The summed E-state index contributed by atoms with van der Waals surface area (Å²) in [6.07, 6.45) is 3.98. The van der Waals surface area contributed by atoms with E-state index in [-0.39, 0.29) is 0 Å². The van der Waals surface area contributed by atoms with Gasteiger partial charge in [-0.15, -0.1) is 0 Å². The molecule has 2 heterocycles. The Morgan fingerprint density at radius 3 is 2.80 bits per heavy atom. The molecular weight excluding hydrogens is 272 g/mol. The lowest BCUT2D eigenvalue weighted by Crippen LogP contribution is -2.34. The molecule has 0 bridgehead atoms. The molecule has 2 aromatic rings. The summed E-state index contributed by atoms with van der Waals surface area (Å²) in [6, 6.07) is 6.10. The second kappa shape index (κ2) is 5.62. The van der Waals surface area contributed by atoms with Crippen LogP contribution in [0.3, 0.4) is 0 Å². The zero-order valence-electron chi connectivity index (χ0n) is 11.8. The molecule has 1 aliphatic rings. The summed E-state index contributed by atoms with van der Waals surface area (Å²) in [4.78, 5) is 6.95. The fraction of sp³-hybridized carbons (Fsp3) is 0.533. The number of fused-ring (bicyclic) bond motifs is 1. The van der Waals surface area contributed by atoms with Gasteiger partial charge in [-0.05, 0) is 51.1 Å². The minimum Gasteiger partial charge on any atom is -0.369 e. The minimum atomic E-state index is 0.319. The highest BCUT2D eigenvalue weighted by Gasteiger charge is 2.18. The summed E-state index contributed by atoms with van der Waals surface area (Å²) >= 11 is 6.02. The highest BCUT2D eigenvalue weighted by molar-refractivity contribution is 6.31. The molecule has 20 heavy (non-hydrogen) atoms. The third kappa shape index (κ3) is 2.63. The van der Waals surface area contributed by atoms with Crippen LogP contribution in [0.5, 0.6) is 0 Å². The maximum atomic E-state index is 6.10. The smallest absolute Gasteiger partial charge is 0.201 e. The van der Waals surface area contributed by atoms with Crippen molar-refractivity contribution in [2.45, 2.75) is 32.2 Å². The largest absolute Gasteiger partial charge is 0.369 e. The number of nitrogen functional groups attached to an aromatic ring is 1. The van der Waals surface area contributed by atoms with Crippen molar-refractivity contribution in [1.29, 1.82) is 0 Å². The van der Waals surface area contributed by atoms with E-state index in [1.54, 1.807) is 0 Å². The molecule has 0 radical (unpaired) electrons. The summed E-state index contributed by atoms with van der Waals surface area (Å²) in [5.74, 6) is 0.576. The van der Waals surface area contributed by atoms with Gasteiger partial charge >= 0.3 is 0 Å². The standard InChI is InChI=1S/C15H21ClN4/c1-11(10-19-7-3-2-4-8-19)20-14-6-5-12(16)9-13(14)18-15(20)17/h5-6,9,11H,2-4,7-8,10H2,1H3,(H2,17,18). The van der Waals surface area contributed by atoms with E-state index >= 15 is 0 Å². The van der Waals surface area contributed by atoms with E-state index in [9.17, 15) is 0 Å². The van der Waals surface area contributed by atoms with Crippen LogP contribution in [-0.4, -0.2) is 34.1 Å². The van der Waals surface area contributed by atoms with Gasteiger partial charge in [0.25, 0.3) is 0 Å². The van der Waals surface area contributed by atoms with Crippen molar-refractivity contribution in [2.24, 2.45) is 0 Å². The third-order valence-electron chi connectivity index (χ3n) is 4.09. The minimum absolute atomic E-state index is 0.319. The number of aromatic nitrogens is 2. The highest BCUT2D eigenvalue weighted by atomic mass is 35.5. The Morgan fingerprint density at radius 1 is 1.30 bits per heavy atom. The lowest BCUT2D eigenvalue weighted by Gasteiger charge is -2.30. The Balaban J connectivity index is 1.86. The summed E-state index contributed by atoms with van der Waals surface area (Å²) < 4.78 is 2.13. The number of nitrogens with zero attached hydrogens (tertiary/aromatic N) is 3. The molecule has 2 N–H and O–H groups in total. The number of anilines is 1. The number of hydrogen-bond acceptors (Lipinski definition) is 3. The summed E-state index contributed by atoms with van der Waals surface area (Å²) in [5, 5.41) is 0.700. The zero-order valence-corrected chi connectivity index (χ0v) is 12.6. The Bertz CT molecular complexity index is 601. The Hall–Kier alpha value is -1.26. The third-order valence-corrected chi connectivity index (χ3v) is 4.33. The summed E-state index contributed by atoms with van der Waals surface area (Å²) in [7, 11) is 0. The number of rotatable bonds is 3. The molecule has 1 aliphatic heterocycles. The molecule has 108 valence electrons. The van der Waals surface area contributed by atoms with Crippen LogP contribution in [0.25, 0.3) is 11.0 Å². The van der Waals surface area contributed by atoms with E-state index in [0.29, 0.717) is 17.0 Å². The SMILES string of the molecule is CC(CN1CCCCC1)n1c(N)nc2cc(Cl)ccc21. The average molecular weight is 293 g/mol. The van der Waals surface area contributed by atoms with E-state index in [1.807, 2.05) is 18.2 Å². The van der Waals surface area contributed by atoms with Gasteiger partial charge < -0.3 is 15.2 Å². The fourth-order valence-electron chi connectivity index (χ4n) is 3.15. The van der Waals surface area contributed by atoms with Crippen molar-refractivity contribution in [2.75, 3.05) is 25.4 Å². The van der Waals surface area contributed by atoms with Crippen LogP contribution in [0.15, 0.2) is 18.2 Å². The summed E-state index contributed by atoms with van der Waals surface area (Å²) in [6.45, 7) is 5.63. The maximum Gasteiger partial charge on any atom is 0.201 e. The van der Waals surface area contributed by atoms with Crippen molar-refractivity contribution in [3.8, 4) is 0 Å². The van der Waals surface area contributed by atoms with Gasteiger partial charge in [0.15, 0.2) is 0 Å². The van der Waals surface area contributed by atoms with Crippen LogP contribution in [0, 0.1) is 0 Å². The quantitative estimate of drug-likeness (QED) is 0.944. The number of imidazole rings is 1. The van der Waals surface area contributed by atoms with E-state index in [2.05, 4.69) is 21.4 Å². The summed E-state index contributed by atoms with van der Waals surface area (Å²) in [5.41, 5.74) is 8.04. The topological polar surface area (TPSA) is 47.1 Å². The van der Waals surface area contributed by atoms with Crippen molar-refractivity contribution in [3.05, 3.63) is 23.2 Å². The second-order valence-corrected chi connectivity index (χ2v) is 6.12. The van der Waals surface area contributed by atoms with Crippen LogP contribution < -0.4 is 5.73 Å². The average Bonchev–Trinajstić information content (AvgIpc) is 2.74. The number of benzene rings is 1. The van der Waals surface area contributed by atoms with E-state index in [0.717, 1.165) is 17.6 Å². The molecule has 0 spiro atoms. The highest BCUT2D eigenvalue weighted by Crippen LogP contribution is 2.26. The maximum absolute atomic E-state index is 6.10. The van der Waals surface area contributed by atoms with Crippen molar-refractivity contribution in [3.63, 3.8) is 0 Å². The lowest BCUT2D eigenvalue weighted by atomic mass is 10.1. The zero-order chi connectivity index (χ0) is 14.1. The van der Waals surface area contributed by atoms with Gasteiger partial charge in [-0.1, -0.05) is 18.0 Å². The molecule has 1 aromatic carbocycles. The van der Waals surface area contributed by atoms with Crippen molar-refractivity contribution < 1.29 is 0 Å². The molecule has 0 aliphatic carbocycles. The van der Waals surface area contributed by atoms with Gasteiger partial charge in [0.1, 0.15) is 0 Å². The molecule has 1 unspecified atom stereocenters. The molecule has 1 fully saturated rings. The van der Waals surface area contributed by atoms with Crippen LogP contribution in [0.4, 0.5) is 5.95 Å². The first-order valence-corrected chi connectivity index (χ1v) is 7.68. The molecule has 4 nitrogen and oxygen atoms in total. The number of halogens is 1. The van der Waals surface area contributed by atoms with E-state index < -0.39 is 0 Å². The number of piperidine rings is 1. The van der Waals surface area contributed by atoms with Crippen molar-refractivity contribution >= 4 is 28.6 Å². The van der Waals surface area contributed by atoms with Gasteiger partial charge in [-0.3, -0.25) is 0 Å². The van der Waals surface area contributed by atoms with Gasteiger partial charge in [-0.25, -0.2) is 4.98 Å².